The Kier molecular flexibility index (Phi) is 6.39. The Bertz CT molecular complexity index is 772. The standard InChI is InChI=1S/C19H23N3O3/c1-13-7-5-6-8-16(13)20-12-19(23)22-21-14(2)15-9-10-17(24-3)18(11-15)25-4/h5-11,20H,12H2,1-4H3,(H,22,23)/b21-14-. The molecule has 2 aromatic carbocycles. The van der Waals surface area contributed by atoms with Gasteiger partial charge in [-0.1, -0.05) is 18.2 Å². The molecule has 0 aliphatic carbocycles. The molecule has 6 heteroatoms. The topological polar surface area (TPSA) is 72.0 Å². The molecule has 0 saturated heterocycles. The van der Waals surface area contributed by atoms with Gasteiger partial charge in [0, 0.05) is 11.3 Å². The largest absolute Gasteiger partial charge is 0.493 e. The van der Waals surface area contributed by atoms with Crippen LogP contribution >= 0.6 is 0 Å². The SMILES string of the molecule is COc1ccc(/C(C)=N\NC(=O)CNc2ccccc2C)cc1OC. The molecule has 2 N–H and O–H groups in total. The van der Waals surface area contributed by atoms with E-state index in [1.165, 1.54) is 0 Å². The summed E-state index contributed by atoms with van der Waals surface area (Å²) in [6, 6.07) is 13.3. The fourth-order valence-electron chi connectivity index (χ4n) is 2.26. The fourth-order valence-corrected chi connectivity index (χ4v) is 2.26. The van der Waals surface area contributed by atoms with Crippen LogP contribution in [0.25, 0.3) is 0 Å². The van der Waals surface area contributed by atoms with Gasteiger partial charge < -0.3 is 14.8 Å². The number of hydrogen-bond acceptors (Lipinski definition) is 5. The highest BCUT2D eigenvalue weighted by molar-refractivity contribution is 5.99. The van der Waals surface area contributed by atoms with Crippen LogP contribution in [-0.2, 0) is 4.79 Å². The minimum Gasteiger partial charge on any atom is -0.493 e. The molecule has 2 rings (SSSR count). The Balaban J connectivity index is 1.96. The van der Waals surface area contributed by atoms with Crippen LogP contribution in [0.2, 0.25) is 0 Å². The summed E-state index contributed by atoms with van der Waals surface area (Å²) in [5.74, 6) is 1.04. The van der Waals surface area contributed by atoms with Gasteiger partial charge in [-0.05, 0) is 43.7 Å². The van der Waals surface area contributed by atoms with Crippen LogP contribution in [0, 0.1) is 6.92 Å². The zero-order chi connectivity index (χ0) is 18.2. The fraction of sp³-hybridized carbons (Fsp3) is 0.263. The highest BCUT2D eigenvalue weighted by atomic mass is 16.5. The van der Waals surface area contributed by atoms with Gasteiger partial charge in [0.25, 0.3) is 5.91 Å². The van der Waals surface area contributed by atoms with Crippen LogP contribution in [-0.4, -0.2) is 32.4 Å². The first-order valence-corrected chi connectivity index (χ1v) is 7.90. The van der Waals surface area contributed by atoms with Crippen molar-refractivity contribution >= 4 is 17.3 Å². The molecule has 0 unspecified atom stereocenters. The number of carbonyl (C=O) groups excluding carboxylic acids is 1. The van der Waals surface area contributed by atoms with Gasteiger partial charge >= 0.3 is 0 Å². The van der Waals surface area contributed by atoms with Crippen molar-refractivity contribution in [3.05, 3.63) is 53.6 Å². The average molecular weight is 341 g/mol. The monoisotopic (exact) mass is 341 g/mol. The second kappa shape index (κ2) is 8.73. The van der Waals surface area contributed by atoms with Crippen molar-refractivity contribution in [2.24, 2.45) is 5.10 Å². The number of nitrogens with one attached hydrogen (secondary N) is 2. The van der Waals surface area contributed by atoms with Crippen molar-refractivity contribution in [2.75, 3.05) is 26.1 Å². The number of amides is 1. The first-order chi connectivity index (χ1) is 12.0. The minimum atomic E-state index is -0.219. The zero-order valence-corrected chi connectivity index (χ0v) is 14.9. The Morgan fingerprint density at radius 1 is 1.08 bits per heavy atom. The predicted octanol–water partition coefficient (Wildman–Crippen LogP) is 2.96. The molecular weight excluding hydrogens is 318 g/mol. The zero-order valence-electron chi connectivity index (χ0n) is 14.9. The summed E-state index contributed by atoms with van der Waals surface area (Å²) in [5, 5.41) is 7.23. The number of nitrogens with zero attached hydrogens (tertiary/aromatic N) is 1. The molecule has 0 atom stereocenters. The summed E-state index contributed by atoms with van der Waals surface area (Å²) >= 11 is 0. The van der Waals surface area contributed by atoms with Gasteiger partial charge in [0.05, 0.1) is 26.5 Å². The normalized spacial score (nSPS) is 11.0. The van der Waals surface area contributed by atoms with Gasteiger partial charge in [0.2, 0.25) is 0 Å². The summed E-state index contributed by atoms with van der Waals surface area (Å²) in [7, 11) is 3.16. The molecule has 0 saturated carbocycles. The number of ether oxygens (including phenoxy) is 2. The summed E-state index contributed by atoms with van der Waals surface area (Å²) in [4.78, 5) is 12.0. The van der Waals surface area contributed by atoms with Gasteiger partial charge in [-0.2, -0.15) is 5.10 Å². The van der Waals surface area contributed by atoms with E-state index in [1.54, 1.807) is 20.3 Å². The second-order valence-electron chi connectivity index (χ2n) is 5.47. The van der Waals surface area contributed by atoms with E-state index in [0.717, 1.165) is 16.8 Å². The third kappa shape index (κ3) is 4.97. The Labute approximate surface area is 147 Å². The Morgan fingerprint density at radius 3 is 2.48 bits per heavy atom. The average Bonchev–Trinajstić information content (AvgIpc) is 2.64. The maximum atomic E-state index is 12.0. The molecule has 0 aromatic heterocycles. The number of para-hydroxylation sites is 1. The van der Waals surface area contributed by atoms with Crippen molar-refractivity contribution in [3.63, 3.8) is 0 Å². The Hall–Kier alpha value is -3.02. The van der Waals surface area contributed by atoms with Crippen LogP contribution in [0.1, 0.15) is 18.1 Å². The van der Waals surface area contributed by atoms with Gasteiger partial charge in [-0.15, -0.1) is 0 Å². The number of carbonyl (C=O) groups is 1. The van der Waals surface area contributed by atoms with Crippen molar-refractivity contribution in [1.82, 2.24) is 5.43 Å². The van der Waals surface area contributed by atoms with E-state index >= 15 is 0 Å². The van der Waals surface area contributed by atoms with E-state index < -0.39 is 0 Å². The molecule has 2 aromatic rings. The molecule has 25 heavy (non-hydrogen) atoms. The smallest absolute Gasteiger partial charge is 0.259 e. The number of hydrogen-bond donors (Lipinski definition) is 2. The molecular formula is C19H23N3O3. The summed E-state index contributed by atoms with van der Waals surface area (Å²) in [6.45, 7) is 3.95. The van der Waals surface area contributed by atoms with Gasteiger partial charge in [0.1, 0.15) is 0 Å². The van der Waals surface area contributed by atoms with Crippen molar-refractivity contribution in [3.8, 4) is 11.5 Å². The van der Waals surface area contributed by atoms with E-state index in [1.807, 2.05) is 50.2 Å². The van der Waals surface area contributed by atoms with Gasteiger partial charge in [-0.3, -0.25) is 4.79 Å². The molecule has 0 spiro atoms. The molecule has 1 amide bonds. The molecule has 0 fully saturated rings. The summed E-state index contributed by atoms with van der Waals surface area (Å²) in [5.41, 5.74) is 6.07. The molecule has 0 bridgehead atoms. The lowest BCUT2D eigenvalue weighted by atomic mass is 10.1. The number of aryl methyl sites for hydroxylation is 1. The lowest BCUT2D eigenvalue weighted by molar-refractivity contribution is -0.119. The molecule has 0 aliphatic heterocycles. The maximum Gasteiger partial charge on any atom is 0.259 e. The first kappa shape index (κ1) is 18.3. The van der Waals surface area contributed by atoms with Crippen LogP contribution in [0.15, 0.2) is 47.6 Å². The lowest BCUT2D eigenvalue weighted by Crippen LogP contribution is -2.27. The highest BCUT2D eigenvalue weighted by Gasteiger charge is 2.07. The van der Waals surface area contributed by atoms with E-state index in [0.29, 0.717) is 17.2 Å². The lowest BCUT2D eigenvalue weighted by Gasteiger charge is -2.10. The minimum absolute atomic E-state index is 0.146. The third-order valence-corrected chi connectivity index (χ3v) is 3.73. The number of methoxy groups -OCH3 is 2. The van der Waals surface area contributed by atoms with Gasteiger partial charge in [-0.25, -0.2) is 5.43 Å². The van der Waals surface area contributed by atoms with Crippen LogP contribution < -0.4 is 20.2 Å². The van der Waals surface area contributed by atoms with Crippen molar-refractivity contribution < 1.29 is 14.3 Å². The van der Waals surface area contributed by atoms with E-state index in [4.69, 9.17) is 9.47 Å². The predicted molar refractivity (Wildman–Crippen MR) is 99.6 cm³/mol. The number of hydrazone groups is 1. The molecule has 0 aliphatic rings. The summed E-state index contributed by atoms with van der Waals surface area (Å²) in [6.07, 6.45) is 0. The second-order valence-corrected chi connectivity index (χ2v) is 5.47. The molecule has 132 valence electrons. The van der Waals surface area contributed by atoms with E-state index in [9.17, 15) is 4.79 Å². The van der Waals surface area contributed by atoms with Crippen LogP contribution in [0.3, 0.4) is 0 Å². The van der Waals surface area contributed by atoms with Crippen molar-refractivity contribution in [2.45, 2.75) is 13.8 Å². The number of rotatable bonds is 7. The van der Waals surface area contributed by atoms with Crippen molar-refractivity contribution in [1.29, 1.82) is 0 Å². The summed E-state index contributed by atoms with van der Waals surface area (Å²) < 4.78 is 10.5. The van der Waals surface area contributed by atoms with Crippen LogP contribution in [0.5, 0.6) is 11.5 Å². The quantitative estimate of drug-likeness (QED) is 0.600. The number of benzene rings is 2. The number of anilines is 1. The highest BCUT2D eigenvalue weighted by Crippen LogP contribution is 2.27. The molecule has 0 radical (unpaired) electrons. The Morgan fingerprint density at radius 2 is 1.80 bits per heavy atom. The third-order valence-electron chi connectivity index (χ3n) is 3.73. The van der Waals surface area contributed by atoms with E-state index in [-0.39, 0.29) is 12.5 Å². The maximum absolute atomic E-state index is 12.0. The van der Waals surface area contributed by atoms with E-state index in [2.05, 4.69) is 15.8 Å². The molecule has 0 heterocycles. The first-order valence-electron chi connectivity index (χ1n) is 7.90. The van der Waals surface area contributed by atoms with Crippen LogP contribution in [0.4, 0.5) is 5.69 Å². The van der Waals surface area contributed by atoms with Gasteiger partial charge in [0.15, 0.2) is 11.5 Å². The molecule has 6 nitrogen and oxygen atoms in total.